The van der Waals surface area contributed by atoms with E-state index in [0.29, 0.717) is 22.5 Å². The summed E-state index contributed by atoms with van der Waals surface area (Å²) in [6, 6.07) is 2.44. The minimum Gasteiger partial charge on any atom is -0.397 e. The number of piperazine rings is 1. The van der Waals surface area contributed by atoms with Crippen molar-refractivity contribution in [2.45, 2.75) is 25.8 Å². The molecule has 5 nitrogen and oxygen atoms in total. The van der Waals surface area contributed by atoms with Gasteiger partial charge in [0.15, 0.2) is 0 Å². The Morgan fingerprint density at radius 1 is 1.22 bits per heavy atom. The van der Waals surface area contributed by atoms with Gasteiger partial charge in [0.2, 0.25) is 0 Å². The van der Waals surface area contributed by atoms with E-state index in [9.17, 15) is 4.79 Å². The molecule has 6 heteroatoms. The summed E-state index contributed by atoms with van der Waals surface area (Å²) < 4.78 is 0. The molecule has 2 N–H and O–H groups in total. The number of amides is 1. The third-order valence-electron chi connectivity index (χ3n) is 5.51. The fourth-order valence-electron chi connectivity index (χ4n) is 3.75. The van der Waals surface area contributed by atoms with Gasteiger partial charge in [0, 0.05) is 45.3 Å². The number of carbonyl (C=O) groups is 1. The molecule has 1 aromatic heterocycles. The molecule has 2 saturated heterocycles. The number of piperidine rings is 1. The van der Waals surface area contributed by atoms with Crippen LogP contribution in [0, 0.1) is 5.92 Å². The number of anilines is 1. The van der Waals surface area contributed by atoms with Crippen LogP contribution in [0.4, 0.5) is 5.69 Å². The Hall–Kier alpha value is -1.11. The molecule has 0 unspecified atom stereocenters. The van der Waals surface area contributed by atoms with Crippen molar-refractivity contribution in [3.63, 3.8) is 0 Å². The number of rotatable bonds is 3. The number of nitrogens with two attached hydrogens (primary N) is 1. The summed E-state index contributed by atoms with van der Waals surface area (Å²) in [6.07, 6.45) is 2.20. The predicted octanol–water partition coefficient (Wildman–Crippen LogP) is 1.82. The molecule has 0 aliphatic carbocycles. The molecule has 3 heterocycles. The highest BCUT2D eigenvalue weighted by atomic mass is 32.1. The molecule has 1 atom stereocenters. The van der Waals surface area contributed by atoms with E-state index in [-0.39, 0.29) is 5.91 Å². The van der Waals surface area contributed by atoms with Crippen LogP contribution in [0.1, 0.15) is 29.4 Å². The van der Waals surface area contributed by atoms with Crippen LogP contribution in [-0.4, -0.2) is 73.0 Å². The van der Waals surface area contributed by atoms with Gasteiger partial charge in [0.05, 0.1) is 5.69 Å². The Balaban J connectivity index is 1.52. The number of thiophene rings is 1. The molecular weight excluding hydrogens is 308 g/mol. The van der Waals surface area contributed by atoms with Gasteiger partial charge in [0.25, 0.3) is 5.91 Å². The van der Waals surface area contributed by atoms with Crippen LogP contribution in [0.3, 0.4) is 0 Å². The summed E-state index contributed by atoms with van der Waals surface area (Å²) in [5, 5.41) is 1.89. The van der Waals surface area contributed by atoms with Crippen molar-refractivity contribution < 1.29 is 4.79 Å². The number of carbonyl (C=O) groups excluding carboxylic acids is 1. The molecule has 3 rings (SSSR count). The van der Waals surface area contributed by atoms with Gasteiger partial charge in [-0.15, -0.1) is 11.3 Å². The number of likely N-dealkylation sites (tertiary alicyclic amines) is 1. The van der Waals surface area contributed by atoms with Gasteiger partial charge in [-0.2, -0.15) is 0 Å². The van der Waals surface area contributed by atoms with E-state index in [1.165, 1.54) is 37.5 Å². The van der Waals surface area contributed by atoms with Crippen molar-refractivity contribution in [1.82, 2.24) is 14.7 Å². The quantitative estimate of drug-likeness (QED) is 0.915. The average molecular weight is 337 g/mol. The molecule has 128 valence electrons. The van der Waals surface area contributed by atoms with Crippen molar-refractivity contribution in [3.8, 4) is 0 Å². The fraction of sp³-hybridized carbons (Fsp3) is 0.706. The summed E-state index contributed by atoms with van der Waals surface area (Å²) in [5.41, 5.74) is 6.50. The van der Waals surface area contributed by atoms with Crippen LogP contribution in [0.5, 0.6) is 0 Å². The van der Waals surface area contributed by atoms with Gasteiger partial charge in [-0.05, 0) is 44.2 Å². The minimum atomic E-state index is 0.114. The van der Waals surface area contributed by atoms with Crippen molar-refractivity contribution in [1.29, 1.82) is 0 Å². The second-order valence-corrected chi connectivity index (χ2v) is 7.83. The first-order chi connectivity index (χ1) is 11.1. The van der Waals surface area contributed by atoms with Gasteiger partial charge >= 0.3 is 0 Å². The molecule has 0 spiro atoms. The smallest absolute Gasteiger partial charge is 0.266 e. The Kier molecular flexibility index (Phi) is 5.24. The Morgan fingerprint density at radius 3 is 2.43 bits per heavy atom. The highest BCUT2D eigenvalue weighted by molar-refractivity contribution is 7.12. The van der Waals surface area contributed by atoms with Crippen LogP contribution >= 0.6 is 11.3 Å². The van der Waals surface area contributed by atoms with Crippen LogP contribution in [-0.2, 0) is 0 Å². The number of nitrogens with zero attached hydrogens (tertiary/aromatic N) is 3. The Morgan fingerprint density at radius 2 is 1.87 bits per heavy atom. The summed E-state index contributed by atoms with van der Waals surface area (Å²) in [4.78, 5) is 20.2. The standard InChI is InChI=1S/C17H28N4OS/c1-13(20-10-8-19(2)9-11-20)14-3-6-21(7-4-14)17(22)16-15(18)5-12-23-16/h5,12-14H,3-4,6-11,18H2,1-2H3/t13-/m0/s1. The number of hydrogen-bond acceptors (Lipinski definition) is 5. The zero-order valence-electron chi connectivity index (χ0n) is 14.2. The molecule has 0 aromatic carbocycles. The SMILES string of the molecule is C[C@@H](C1CCN(C(=O)c2sccc2N)CC1)N1CCN(C)CC1. The largest absolute Gasteiger partial charge is 0.397 e. The van der Waals surface area contributed by atoms with E-state index < -0.39 is 0 Å². The maximum atomic E-state index is 12.5. The zero-order chi connectivity index (χ0) is 16.4. The lowest BCUT2D eigenvalue weighted by Gasteiger charge is -2.42. The van der Waals surface area contributed by atoms with Crippen LogP contribution in [0.15, 0.2) is 11.4 Å². The summed E-state index contributed by atoms with van der Waals surface area (Å²) >= 11 is 1.45. The van der Waals surface area contributed by atoms with Crippen LogP contribution in [0.25, 0.3) is 0 Å². The summed E-state index contributed by atoms with van der Waals surface area (Å²) in [7, 11) is 2.20. The lowest BCUT2D eigenvalue weighted by atomic mass is 9.89. The highest BCUT2D eigenvalue weighted by Gasteiger charge is 2.31. The lowest BCUT2D eigenvalue weighted by molar-refractivity contribution is 0.0503. The zero-order valence-corrected chi connectivity index (χ0v) is 15.0. The topological polar surface area (TPSA) is 52.8 Å². The molecular formula is C17H28N4OS. The number of hydrogen-bond donors (Lipinski definition) is 1. The molecule has 0 saturated carbocycles. The minimum absolute atomic E-state index is 0.114. The van der Waals surface area contributed by atoms with E-state index in [4.69, 9.17) is 5.73 Å². The van der Waals surface area contributed by atoms with E-state index in [0.717, 1.165) is 25.9 Å². The molecule has 2 fully saturated rings. The van der Waals surface area contributed by atoms with E-state index in [2.05, 4.69) is 23.8 Å². The monoisotopic (exact) mass is 336 g/mol. The van der Waals surface area contributed by atoms with Crippen molar-refractivity contribution in [2.24, 2.45) is 5.92 Å². The summed E-state index contributed by atoms with van der Waals surface area (Å²) in [6.45, 7) is 8.76. The molecule has 0 bridgehead atoms. The van der Waals surface area contributed by atoms with Crippen molar-refractivity contribution in [2.75, 3.05) is 52.0 Å². The van der Waals surface area contributed by atoms with Crippen LogP contribution in [0.2, 0.25) is 0 Å². The molecule has 0 radical (unpaired) electrons. The molecule has 2 aliphatic heterocycles. The Labute approximate surface area is 143 Å². The number of nitrogen functional groups attached to an aromatic ring is 1. The van der Waals surface area contributed by atoms with Gasteiger partial charge in [-0.1, -0.05) is 0 Å². The molecule has 1 aromatic rings. The molecule has 1 amide bonds. The first kappa shape index (κ1) is 16.7. The number of likely N-dealkylation sites (N-methyl/N-ethyl adjacent to an activating group) is 1. The molecule has 2 aliphatic rings. The third kappa shape index (κ3) is 3.70. The molecule has 23 heavy (non-hydrogen) atoms. The van der Waals surface area contributed by atoms with Gasteiger partial charge in [-0.3, -0.25) is 9.69 Å². The highest BCUT2D eigenvalue weighted by Crippen LogP contribution is 2.27. The second-order valence-electron chi connectivity index (χ2n) is 6.91. The third-order valence-corrected chi connectivity index (χ3v) is 6.43. The Bertz CT molecular complexity index is 530. The van der Waals surface area contributed by atoms with Crippen molar-refractivity contribution in [3.05, 3.63) is 16.3 Å². The normalized spacial score (nSPS) is 23.1. The second kappa shape index (κ2) is 7.20. The van der Waals surface area contributed by atoms with Gasteiger partial charge < -0.3 is 15.5 Å². The summed E-state index contributed by atoms with van der Waals surface area (Å²) in [5.74, 6) is 0.811. The first-order valence-corrected chi connectivity index (χ1v) is 9.49. The lowest BCUT2D eigenvalue weighted by Crippen LogP contribution is -2.52. The van der Waals surface area contributed by atoms with Crippen molar-refractivity contribution >= 4 is 22.9 Å². The van der Waals surface area contributed by atoms with E-state index >= 15 is 0 Å². The van der Waals surface area contributed by atoms with E-state index in [1.54, 1.807) is 0 Å². The van der Waals surface area contributed by atoms with Gasteiger partial charge in [0.1, 0.15) is 4.88 Å². The van der Waals surface area contributed by atoms with Crippen LogP contribution < -0.4 is 5.73 Å². The first-order valence-electron chi connectivity index (χ1n) is 8.61. The van der Waals surface area contributed by atoms with E-state index in [1.807, 2.05) is 16.3 Å². The fourth-order valence-corrected chi connectivity index (χ4v) is 4.53. The maximum absolute atomic E-state index is 12.5. The maximum Gasteiger partial charge on any atom is 0.266 e. The van der Waals surface area contributed by atoms with Gasteiger partial charge in [-0.25, -0.2) is 0 Å². The average Bonchev–Trinajstić information content (AvgIpc) is 3.00. The predicted molar refractivity (Wildman–Crippen MR) is 95.9 cm³/mol.